The minimum absolute atomic E-state index is 0.273. The topological polar surface area (TPSA) is 47.7 Å². The van der Waals surface area contributed by atoms with Crippen LogP contribution < -0.4 is 15.4 Å². The molecule has 1 fully saturated rings. The van der Waals surface area contributed by atoms with Crippen molar-refractivity contribution < 1.29 is 9.47 Å². The molecule has 1 atom stereocenters. The Labute approximate surface area is 144 Å². The van der Waals surface area contributed by atoms with Crippen LogP contribution in [0, 0.1) is 0 Å². The van der Waals surface area contributed by atoms with E-state index in [0.717, 1.165) is 31.7 Å². The summed E-state index contributed by atoms with van der Waals surface area (Å²) < 4.78 is 11.5. The summed E-state index contributed by atoms with van der Waals surface area (Å²) in [6, 6.07) is 18.7. The van der Waals surface area contributed by atoms with Crippen molar-refractivity contribution in [3.8, 4) is 5.75 Å². The fourth-order valence-electron chi connectivity index (χ4n) is 3.00. The molecule has 128 valence electrons. The van der Waals surface area contributed by atoms with E-state index in [1.807, 2.05) is 30.3 Å². The number of piperidine rings is 1. The normalized spacial score (nSPS) is 17.7. The maximum Gasteiger partial charge on any atom is 0.121 e. The largest absolute Gasteiger partial charge is 0.491 e. The van der Waals surface area contributed by atoms with Crippen LogP contribution in [-0.2, 0) is 11.3 Å². The van der Waals surface area contributed by atoms with Gasteiger partial charge in [-0.05, 0) is 30.5 Å². The third-order valence-electron chi connectivity index (χ3n) is 4.25. The summed E-state index contributed by atoms with van der Waals surface area (Å²) in [7, 11) is 0. The van der Waals surface area contributed by atoms with Gasteiger partial charge in [0.25, 0.3) is 0 Å². The Hall–Kier alpha value is -2.04. The second-order valence-corrected chi connectivity index (χ2v) is 6.23. The van der Waals surface area contributed by atoms with Gasteiger partial charge in [-0.15, -0.1) is 0 Å². The van der Waals surface area contributed by atoms with Gasteiger partial charge in [0, 0.05) is 30.9 Å². The third-order valence-corrected chi connectivity index (χ3v) is 4.25. The second-order valence-electron chi connectivity index (χ2n) is 6.23. The first kappa shape index (κ1) is 16.8. The molecule has 1 unspecified atom stereocenters. The smallest absolute Gasteiger partial charge is 0.121 e. The SMILES string of the molecule is NC1CCCN(c2cccc(OCCOCc3ccccc3)c2)C1. The zero-order chi connectivity index (χ0) is 16.6. The van der Waals surface area contributed by atoms with Crippen molar-refractivity contribution in [2.75, 3.05) is 31.2 Å². The van der Waals surface area contributed by atoms with E-state index in [1.165, 1.54) is 11.3 Å². The van der Waals surface area contributed by atoms with E-state index in [9.17, 15) is 0 Å². The fourth-order valence-corrected chi connectivity index (χ4v) is 3.00. The van der Waals surface area contributed by atoms with Crippen molar-refractivity contribution in [3.05, 3.63) is 60.2 Å². The number of anilines is 1. The van der Waals surface area contributed by atoms with Crippen LogP contribution >= 0.6 is 0 Å². The average molecular weight is 326 g/mol. The number of rotatable bonds is 7. The summed E-state index contributed by atoms with van der Waals surface area (Å²) >= 11 is 0. The molecule has 1 heterocycles. The van der Waals surface area contributed by atoms with Crippen LogP contribution in [0.1, 0.15) is 18.4 Å². The maximum absolute atomic E-state index is 6.07. The van der Waals surface area contributed by atoms with Crippen molar-refractivity contribution in [1.82, 2.24) is 0 Å². The average Bonchev–Trinajstić information content (AvgIpc) is 2.63. The number of benzene rings is 2. The summed E-state index contributed by atoms with van der Waals surface area (Å²) in [6.07, 6.45) is 2.27. The molecule has 2 aromatic carbocycles. The molecule has 4 heteroatoms. The molecule has 1 aliphatic heterocycles. The molecule has 1 aliphatic rings. The Morgan fingerprint density at radius 2 is 1.92 bits per heavy atom. The number of nitrogens with two attached hydrogens (primary N) is 1. The van der Waals surface area contributed by atoms with Crippen molar-refractivity contribution in [2.45, 2.75) is 25.5 Å². The van der Waals surface area contributed by atoms with E-state index < -0.39 is 0 Å². The number of hydrogen-bond donors (Lipinski definition) is 1. The van der Waals surface area contributed by atoms with Gasteiger partial charge in [0.2, 0.25) is 0 Å². The lowest BCUT2D eigenvalue weighted by atomic mass is 10.1. The fraction of sp³-hybridized carbons (Fsp3) is 0.400. The quantitative estimate of drug-likeness (QED) is 0.794. The summed E-state index contributed by atoms with van der Waals surface area (Å²) in [5.74, 6) is 0.884. The van der Waals surface area contributed by atoms with Gasteiger partial charge in [-0.25, -0.2) is 0 Å². The Balaban J connectivity index is 1.43. The van der Waals surface area contributed by atoms with Crippen LogP contribution in [0.3, 0.4) is 0 Å². The van der Waals surface area contributed by atoms with Crippen molar-refractivity contribution in [1.29, 1.82) is 0 Å². The molecule has 2 aromatic rings. The van der Waals surface area contributed by atoms with Gasteiger partial charge in [0.15, 0.2) is 0 Å². The van der Waals surface area contributed by atoms with E-state index in [4.69, 9.17) is 15.2 Å². The Bertz CT molecular complexity index is 618. The van der Waals surface area contributed by atoms with Gasteiger partial charge in [-0.1, -0.05) is 36.4 Å². The van der Waals surface area contributed by atoms with Gasteiger partial charge in [-0.3, -0.25) is 0 Å². The molecule has 0 bridgehead atoms. The summed E-state index contributed by atoms with van der Waals surface area (Å²) in [5, 5.41) is 0. The minimum Gasteiger partial charge on any atom is -0.491 e. The Kier molecular flexibility index (Phi) is 6.10. The number of hydrogen-bond acceptors (Lipinski definition) is 4. The van der Waals surface area contributed by atoms with Gasteiger partial charge >= 0.3 is 0 Å². The van der Waals surface area contributed by atoms with Crippen LogP contribution in [0.4, 0.5) is 5.69 Å². The molecule has 3 rings (SSSR count). The first-order valence-electron chi connectivity index (χ1n) is 8.66. The molecule has 1 saturated heterocycles. The minimum atomic E-state index is 0.273. The molecule has 0 amide bonds. The van der Waals surface area contributed by atoms with Crippen LogP contribution in [0.5, 0.6) is 5.75 Å². The van der Waals surface area contributed by atoms with Gasteiger partial charge < -0.3 is 20.1 Å². The van der Waals surface area contributed by atoms with Crippen molar-refractivity contribution in [3.63, 3.8) is 0 Å². The third kappa shape index (κ3) is 4.98. The van der Waals surface area contributed by atoms with Crippen LogP contribution in [0.15, 0.2) is 54.6 Å². The molecule has 0 aromatic heterocycles. The number of ether oxygens (including phenoxy) is 2. The van der Waals surface area contributed by atoms with E-state index in [0.29, 0.717) is 19.8 Å². The van der Waals surface area contributed by atoms with Gasteiger partial charge in [-0.2, -0.15) is 0 Å². The molecule has 0 radical (unpaired) electrons. The van der Waals surface area contributed by atoms with E-state index in [1.54, 1.807) is 0 Å². The lowest BCUT2D eigenvalue weighted by molar-refractivity contribution is 0.0889. The molecular formula is C20H26N2O2. The van der Waals surface area contributed by atoms with Gasteiger partial charge in [0.05, 0.1) is 13.2 Å². The standard InChI is InChI=1S/C20H26N2O2/c21-18-8-5-11-22(15-18)19-9-4-10-20(14-19)24-13-12-23-16-17-6-2-1-3-7-17/h1-4,6-7,9-10,14,18H,5,8,11-13,15-16,21H2. The highest BCUT2D eigenvalue weighted by Crippen LogP contribution is 2.24. The van der Waals surface area contributed by atoms with Crippen LogP contribution in [0.2, 0.25) is 0 Å². The van der Waals surface area contributed by atoms with Gasteiger partial charge in [0.1, 0.15) is 12.4 Å². The summed E-state index contributed by atoms with van der Waals surface area (Å²) in [6.45, 7) is 3.74. The molecule has 0 aliphatic carbocycles. The highest BCUT2D eigenvalue weighted by Gasteiger charge is 2.17. The molecule has 24 heavy (non-hydrogen) atoms. The Morgan fingerprint density at radius 1 is 1.04 bits per heavy atom. The van der Waals surface area contributed by atoms with E-state index in [-0.39, 0.29) is 6.04 Å². The van der Waals surface area contributed by atoms with E-state index >= 15 is 0 Å². The monoisotopic (exact) mass is 326 g/mol. The first-order chi connectivity index (χ1) is 11.8. The first-order valence-corrected chi connectivity index (χ1v) is 8.66. The number of nitrogens with zero attached hydrogens (tertiary/aromatic N) is 1. The predicted molar refractivity (Wildman–Crippen MR) is 97.5 cm³/mol. The van der Waals surface area contributed by atoms with E-state index in [2.05, 4.69) is 29.2 Å². The maximum atomic E-state index is 6.07. The molecule has 2 N–H and O–H groups in total. The van der Waals surface area contributed by atoms with Crippen molar-refractivity contribution in [2.24, 2.45) is 5.73 Å². The van der Waals surface area contributed by atoms with Crippen LogP contribution in [0.25, 0.3) is 0 Å². The lowest BCUT2D eigenvalue weighted by Gasteiger charge is -2.32. The van der Waals surface area contributed by atoms with Crippen molar-refractivity contribution >= 4 is 5.69 Å². The molecule has 0 spiro atoms. The Morgan fingerprint density at radius 3 is 2.75 bits per heavy atom. The predicted octanol–water partition coefficient (Wildman–Crippen LogP) is 3.21. The lowest BCUT2D eigenvalue weighted by Crippen LogP contribution is -2.42. The molecular weight excluding hydrogens is 300 g/mol. The summed E-state index contributed by atoms with van der Waals surface area (Å²) in [4.78, 5) is 2.34. The highest BCUT2D eigenvalue weighted by atomic mass is 16.5. The molecule has 4 nitrogen and oxygen atoms in total. The summed E-state index contributed by atoms with van der Waals surface area (Å²) in [5.41, 5.74) is 8.44. The van der Waals surface area contributed by atoms with Crippen LogP contribution in [-0.4, -0.2) is 32.3 Å². The second kappa shape index (κ2) is 8.71. The zero-order valence-electron chi connectivity index (χ0n) is 14.1. The highest BCUT2D eigenvalue weighted by molar-refractivity contribution is 5.51. The molecule has 0 saturated carbocycles. The zero-order valence-corrected chi connectivity index (χ0v) is 14.1.